The maximum Gasteiger partial charge on any atom is 0.251 e. The lowest BCUT2D eigenvalue weighted by molar-refractivity contribution is -0.142. The van der Waals surface area contributed by atoms with Crippen LogP contribution in [-0.4, -0.2) is 54.3 Å². The summed E-state index contributed by atoms with van der Waals surface area (Å²) in [6.45, 7) is 2.66. The van der Waals surface area contributed by atoms with Crippen LogP contribution >= 0.6 is 12.2 Å². The third-order valence-corrected chi connectivity index (χ3v) is 3.80. The van der Waals surface area contributed by atoms with Gasteiger partial charge in [-0.3, -0.25) is 4.79 Å². The van der Waals surface area contributed by atoms with Gasteiger partial charge in [0.05, 0.1) is 11.1 Å². The highest BCUT2D eigenvalue weighted by Gasteiger charge is 2.30. The molecule has 2 rings (SSSR count). The van der Waals surface area contributed by atoms with Crippen molar-refractivity contribution in [3.63, 3.8) is 0 Å². The molecule has 0 saturated carbocycles. The fourth-order valence-corrected chi connectivity index (χ4v) is 2.64. The van der Waals surface area contributed by atoms with Gasteiger partial charge >= 0.3 is 0 Å². The van der Waals surface area contributed by atoms with Crippen LogP contribution in [0.25, 0.3) is 0 Å². The topological polar surface area (TPSA) is 64.8 Å². The first-order chi connectivity index (χ1) is 9.16. The fourth-order valence-electron chi connectivity index (χ4n) is 2.55. The Labute approximate surface area is 119 Å². The first-order valence-electron chi connectivity index (χ1n) is 6.97. The van der Waals surface area contributed by atoms with E-state index in [9.17, 15) is 4.79 Å². The zero-order valence-electron chi connectivity index (χ0n) is 11.2. The molecule has 2 aliphatic heterocycles. The summed E-state index contributed by atoms with van der Waals surface area (Å²) in [7, 11) is 0. The van der Waals surface area contributed by atoms with Crippen LogP contribution in [-0.2, 0) is 14.3 Å². The van der Waals surface area contributed by atoms with Crippen molar-refractivity contribution in [1.82, 2.24) is 4.90 Å². The van der Waals surface area contributed by atoms with Crippen LogP contribution in [0.5, 0.6) is 0 Å². The maximum atomic E-state index is 12.4. The van der Waals surface area contributed by atoms with Gasteiger partial charge in [0.2, 0.25) is 0 Å². The van der Waals surface area contributed by atoms with Gasteiger partial charge in [-0.25, -0.2) is 0 Å². The van der Waals surface area contributed by atoms with E-state index in [1.807, 2.05) is 4.90 Å². The van der Waals surface area contributed by atoms with Gasteiger partial charge in [-0.2, -0.15) is 0 Å². The molecule has 2 atom stereocenters. The molecule has 5 nitrogen and oxygen atoms in total. The Balaban J connectivity index is 1.90. The van der Waals surface area contributed by atoms with E-state index in [1.54, 1.807) is 0 Å². The minimum absolute atomic E-state index is 0.0595. The Hall–Kier alpha value is -0.720. The average molecular weight is 286 g/mol. The van der Waals surface area contributed by atoms with Crippen molar-refractivity contribution < 1.29 is 14.3 Å². The summed E-state index contributed by atoms with van der Waals surface area (Å²) >= 11 is 4.90. The highest BCUT2D eigenvalue weighted by Crippen LogP contribution is 2.18. The molecule has 0 bridgehead atoms. The molecule has 0 aliphatic carbocycles. The molecule has 0 aromatic carbocycles. The zero-order valence-corrected chi connectivity index (χ0v) is 12.0. The van der Waals surface area contributed by atoms with Crippen molar-refractivity contribution in [2.45, 2.75) is 44.3 Å². The third kappa shape index (κ3) is 4.40. The minimum Gasteiger partial charge on any atom is -0.393 e. The fraction of sp³-hybridized carbons (Fsp3) is 0.846. The number of nitrogens with zero attached hydrogens (tertiary/aromatic N) is 1. The molecule has 2 N–H and O–H groups in total. The number of thiocarbonyl (C=S) groups is 1. The summed E-state index contributed by atoms with van der Waals surface area (Å²) in [4.78, 5) is 14.7. The van der Waals surface area contributed by atoms with Crippen LogP contribution in [0.3, 0.4) is 0 Å². The molecular weight excluding hydrogens is 264 g/mol. The largest absolute Gasteiger partial charge is 0.393 e. The van der Waals surface area contributed by atoms with E-state index < -0.39 is 0 Å². The molecule has 2 heterocycles. The smallest absolute Gasteiger partial charge is 0.251 e. The predicted molar refractivity (Wildman–Crippen MR) is 75.9 cm³/mol. The lowest BCUT2D eigenvalue weighted by Crippen LogP contribution is -2.44. The average Bonchev–Trinajstić information content (AvgIpc) is 3.06. The molecule has 2 fully saturated rings. The van der Waals surface area contributed by atoms with E-state index in [1.165, 1.54) is 0 Å². The number of rotatable bonds is 6. The second-order valence-corrected chi connectivity index (χ2v) is 5.66. The van der Waals surface area contributed by atoms with Gasteiger partial charge in [-0.05, 0) is 25.7 Å². The van der Waals surface area contributed by atoms with Crippen LogP contribution < -0.4 is 5.73 Å². The first kappa shape index (κ1) is 14.7. The van der Waals surface area contributed by atoms with Gasteiger partial charge in [-0.1, -0.05) is 12.2 Å². The van der Waals surface area contributed by atoms with Crippen molar-refractivity contribution in [2.75, 3.05) is 26.3 Å². The van der Waals surface area contributed by atoms with E-state index in [4.69, 9.17) is 27.4 Å². The predicted octanol–water partition coefficient (Wildman–Crippen LogP) is 0.849. The van der Waals surface area contributed by atoms with Gasteiger partial charge in [0, 0.05) is 32.7 Å². The Kier molecular flexibility index (Phi) is 5.54. The second kappa shape index (κ2) is 7.17. The van der Waals surface area contributed by atoms with Crippen molar-refractivity contribution >= 4 is 23.1 Å². The van der Waals surface area contributed by atoms with Crippen LogP contribution in [0.4, 0.5) is 0 Å². The molecule has 0 radical (unpaired) electrons. The quantitative estimate of drug-likeness (QED) is 0.733. The number of carbonyl (C=O) groups is 1. The maximum absolute atomic E-state index is 12.4. The standard InChI is InChI=1S/C13H22N2O3S/c14-12(19)5-6-15(9-10-3-1-7-17-10)13(16)11-4-2-8-18-11/h10-11H,1-9H2,(H2,14,19). The monoisotopic (exact) mass is 286 g/mol. The summed E-state index contributed by atoms with van der Waals surface area (Å²) in [6, 6.07) is 0. The molecule has 108 valence electrons. The van der Waals surface area contributed by atoms with Crippen molar-refractivity contribution in [2.24, 2.45) is 5.73 Å². The van der Waals surface area contributed by atoms with Crippen LogP contribution in [0.15, 0.2) is 0 Å². The highest BCUT2D eigenvalue weighted by atomic mass is 32.1. The van der Waals surface area contributed by atoms with Crippen LogP contribution in [0.2, 0.25) is 0 Å². The molecule has 6 heteroatoms. The number of ether oxygens (including phenoxy) is 2. The molecule has 0 aromatic rings. The first-order valence-corrected chi connectivity index (χ1v) is 7.38. The lowest BCUT2D eigenvalue weighted by Gasteiger charge is -2.27. The Morgan fingerprint density at radius 2 is 2.00 bits per heavy atom. The highest BCUT2D eigenvalue weighted by molar-refractivity contribution is 7.80. The van der Waals surface area contributed by atoms with E-state index in [2.05, 4.69) is 0 Å². The summed E-state index contributed by atoms with van der Waals surface area (Å²) in [5, 5.41) is 0. The Morgan fingerprint density at radius 1 is 1.26 bits per heavy atom. The molecule has 2 aliphatic rings. The second-order valence-electron chi connectivity index (χ2n) is 5.14. The number of hydrogen-bond acceptors (Lipinski definition) is 4. The number of nitrogens with two attached hydrogens (primary N) is 1. The van der Waals surface area contributed by atoms with Crippen molar-refractivity contribution in [1.29, 1.82) is 0 Å². The minimum atomic E-state index is -0.284. The number of hydrogen-bond donors (Lipinski definition) is 1. The van der Waals surface area contributed by atoms with Crippen LogP contribution in [0.1, 0.15) is 32.1 Å². The molecule has 19 heavy (non-hydrogen) atoms. The van der Waals surface area contributed by atoms with Crippen molar-refractivity contribution in [3.05, 3.63) is 0 Å². The number of amides is 1. The Bertz CT molecular complexity index is 326. The lowest BCUT2D eigenvalue weighted by atomic mass is 10.1. The summed E-state index contributed by atoms with van der Waals surface area (Å²) in [5.41, 5.74) is 5.53. The molecule has 1 amide bonds. The molecule has 2 saturated heterocycles. The van der Waals surface area contributed by atoms with E-state index in [0.717, 1.165) is 32.3 Å². The summed E-state index contributed by atoms with van der Waals surface area (Å²) in [5.74, 6) is 0.0595. The normalized spacial score (nSPS) is 26.5. The van der Waals surface area contributed by atoms with Gasteiger partial charge in [0.1, 0.15) is 6.10 Å². The van der Waals surface area contributed by atoms with Gasteiger partial charge in [-0.15, -0.1) is 0 Å². The van der Waals surface area contributed by atoms with E-state index in [-0.39, 0.29) is 18.1 Å². The van der Waals surface area contributed by atoms with Gasteiger partial charge in [0.15, 0.2) is 0 Å². The van der Waals surface area contributed by atoms with Crippen molar-refractivity contribution in [3.8, 4) is 0 Å². The molecule has 0 aromatic heterocycles. The number of carbonyl (C=O) groups excluding carboxylic acids is 1. The third-order valence-electron chi connectivity index (χ3n) is 3.59. The Morgan fingerprint density at radius 3 is 2.58 bits per heavy atom. The molecular formula is C13H22N2O3S. The molecule has 0 spiro atoms. The SMILES string of the molecule is NC(=S)CCN(CC1CCCO1)C(=O)C1CCCO1. The van der Waals surface area contributed by atoms with Crippen LogP contribution in [0, 0.1) is 0 Å². The summed E-state index contributed by atoms with van der Waals surface area (Å²) < 4.78 is 11.1. The van der Waals surface area contributed by atoms with Gasteiger partial charge < -0.3 is 20.1 Å². The summed E-state index contributed by atoms with van der Waals surface area (Å²) in [6.07, 6.45) is 4.28. The zero-order chi connectivity index (χ0) is 13.7. The van der Waals surface area contributed by atoms with Gasteiger partial charge in [0.25, 0.3) is 5.91 Å². The molecule has 2 unspecified atom stereocenters. The van der Waals surface area contributed by atoms with E-state index in [0.29, 0.717) is 31.1 Å². The van der Waals surface area contributed by atoms with E-state index >= 15 is 0 Å².